The number of benzene rings is 1. The fraction of sp³-hybridized carbons (Fsp3) is 0.611. The van der Waals surface area contributed by atoms with Crippen molar-refractivity contribution in [1.29, 1.82) is 0 Å². The lowest BCUT2D eigenvalue weighted by molar-refractivity contribution is 0.0378. The Hall–Kier alpha value is -1.51. The van der Waals surface area contributed by atoms with Crippen LogP contribution >= 0.6 is 0 Å². The molecule has 2 rings (SSSR count). The lowest BCUT2D eigenvalue weighted by atomic mass is 9.78. The normalized spacial score (nSPS) is 25.7. The lowest BCUT2D eigenvalue weighted by Crippen LogP contribution is -2.34. The second-order valence-electron chi connectivity index (χ2n) is 6.55. The van der Waals surface area contributed by atoms with E-state index in [1.807, 2.05) is 38.1 Å². The highest BCUT2D eigenvalue weighted by molar-refractivity contribution is 5.89. The summed E-state index contributed by atoms with van der Waals surface area (Å²) in [5.74, 6) is 1.21. The van der Waals surface area contributed by atoms with Crippen molar-refractivity contribution in [3.63, 3.8) is 0 Å². The van der Waals surface area contributed by atoms with Crippen LogP contribution in [0.2, 0.25) is 0 Å². The van der Waals surface area contributed by atoms with E-state index < -0.39 is 0 Å². The summed E-state index contributed by atoms with van der Waals surface area (Å²) in [4.78, 5) is 11.8. The van der Waals surface area contributed by atoms with Crippen molar-refractivity contribution in [2.45, 2.75) is 59.1 Å². The van der Waals surface area contributed by atoms with Crippen LogP contribution in [0.15, 0.2) is 24.3 Å². The number of anilines is 1. The van der Waals surface area contributed by atoms with Gasteiger partial charge in [0.1, 0.15) is 0 Å². The summed E-state index contributed by atoms with van der Waals surface area (Å²) in [6.07, 6.45) is 3.77. The monoisotopic (exact) mass is 289 g/mol. The van der Waals surface area contributed by atoms with E-state index in [0.717, 1.165) is 11.6 Å². The molecule has 1 N–H and O–H groups in total. The van der Waals surface area contributed by atoms with Gasteiger partial charge in [-0.15, -0.1) is 0 Å². The first-order valence-corrected chi connectivity index (χ1v) is 8.05. The summed E-state index contributed by atoms with van der Waals surface area (Å²) in [5, 5.41) is 3.62. The summed E-state index contributed by atoms with van der Waals surface area (Å²) in [6.45, 7) is 8.39. The average molecular weight is 289 g/mol. The van der Waals surface area contributed by atoms with E-state index in [-0.39, 0.29) is 12.1 Å². The first-order chi connectivity index (χ1) is 9.97. The van der Waals surface area contributed by atoms with Gasteiger partial charge in [-0.3, -0.25) is 0 Å². The fourth-order valence-electron chi connectivity index (χ4n) is 2.98. The van der Waals surface area contributed by atoms with Crippen molar-refractivity contribution in [1.82, 2.24) is 0 Å². The van der Waals surface area contributed by atoms with Crippen molar-refractivity contribution >= 4 is 11.7 Å². The number of esters is 1. The summed E-state index contributed by atoms with van der Waals surface area (Å²) in [5.41, 5.74) is 1.70. The van der Waals surface area contributed by atoms with E-state index in [2.05, 4.69) is 19.2 Å². The van der Waals surface area contributed by atoms with Crippen molar-refractivity contribution < 1.29 is 9.53 Å². The number of carbonyl (C=O) groups excluding carboxylic acids is 1. The molecule has 1 saturated carbocycles. The van der Waals surface area contributed by atoms with Gasteiger partial charge in [0.2, 0.25) is 0 Å². The molecule has 0 radical (unpaired) electrons. The van der Waals surface area contributed by atoms with Gasteiger partial charge < -0.3 is 10.1 Å². The average Bonchev–Trinajstić information content (AvgIpc) is 2.44. The number of hydrogen-bond donors (Lipinski definition) is 1. The highest BCUT2D eigenvalue weighted by atomic mass is 16.5. The Morgan fingerprint density at radius 2 is 1.86 bits per heavy atom. The second kappa shape index (κ2) is 6.97. The minimum Gasteiger partial charge on any atom is -0.459 e. The minimum atomic E-state index is -0.254. The Bertz CT molecular complexity index is 467. The molecule has 3 nitrogen and oxygen atoms in total. The molecule has 3 atom stereocenters. The van der Waals surface area contributed by atoms with Gasteiger partial charge in [0.25, 0.3) is 0 Å². The van der Waals surface area contributed by atoms with Crippen LogP contribution in [-0.2, 0) is 4.74 Å². The molecule has 0 amide bonds. The van der Waals surface area contributed by atoms with E-state index in [9.17, 15) is 4.79 Å². The van der Waals surface area contributed by atoms with Crippen molar-refractivity contribution in [2.75, 3.05) is 5.32 Å². The molecular weight excluding hydrogens is 262 g/mol. The quantitative estimate of drug-likeness (QED) is 0.830. The zero-order valence-electron chi connectivity index (χ0n) is 13.6. The Morgan fingerprint density at radius 3 is 2.48 bits per heavy atom. The van der Waals surface area contributed by atoms with Crippen LogP contribution in [0.4, 0.5) is 5.69 Å². The van der Waals surface area contributed by atoms with E-state index in [0.29, 0.717) is 17.5 Å². The second-order valence-corrected chi connectivity index (χ2v) is 6.55. The third kappa shape index (κ3) is 4.23. The third-order valence-corrected chi connectivity index (χ3v) is 4.52. The lowest BCUT2D eigenvalue weighted by Gasteiger charge is -2.35. The molecule has 0 aromatic heterocycles. The molecule has 0 saturated heterocycles. The smallest absolute Gasteiger partial charge is 0.338 e. The predicted octanol–water partition coefficient (Wildman–Crippen LogP) is 4.49. The molecule has 0 aliphatic heterocycles. The van der Waals surface area contributed by atoms with Gasteiger partial charge in [0, 0.05) is 11.7 Å². The van der Waals surface area contributed by atoms with Gasteiger partial charge in [-0.2, -0.15) is 0 Å². The largest absolute Gasteiger partial charge is 0.459 e. The summed E-state index contributed by atoms with van der Waals surface area (Å²) in [6, 6.07) is 8.15. The Morgan fingerprint density at radius 1 is 1.19 bits per heavy atom. The molecule has 0 bridgehead atoms. The van der Waals surface area contributed by atoms with Gasteiger partial charge in [-0.25, -0.2) is 4.79 Å². The third-order valence-electron chi connectivity index (χ3n) is 4.52. The molecule has 3 heteroatoms. The Labute approximate surface area is 128 Å². The minimum absolute atomic E-state index is 0.0834. The van der Waals surface area contributed by atoms with Crippen molar-refractivity contribution in [3.8, 4) is 0 Å². The van der Waals surface area contributed by atoms with Gasteiger partial charge in [-0.1, -0.05) is 26.7 Å². The van der Waals surface area contributed by atoms with Crippen LogP contribution in [-0.4, -0.2) is 18.1 Å². The van der Waals surface area contributed by atoms with Crippen molar-refractivity contribution in [2.24, 2.45) is 11.8 Å². The summed E-state index contributed by atoms with van der Waals surface area (Å²) >= 11 is 0. The number of hydrogen-bond acceptors (Lipinski definition) is 3. The van der Waals surface area contributed by atoms with Gasteiger partial charge in [0.05, 0.1) is 11.7 Å². The van der Waals surface area contributed by atoms with E-state index in [4.69, 9.17) is 4.74 Å². The number of carbonyl (C=O) groups is 1. The maximum Gasteiger partial charge on any atom is 0.338 e. The van der Waals surface area contributed by atoms with E-state index in [1.165, 1.54) is 19.3 Å². The maximum atomic E-state index is 11.8. The van der Waals surface area contributed by atoms with Crippen LogP contribution in [0.3, 0.4) is 0 Å². The van der Waals surface area contributed by atoms with Crippen molar-refractivity contribution in [3.05, 3.63) is 29.8 Å². The highest BCUT2D eigenvalue weighted by Gasteiger charge is 2.26. The molecule has 1 aliphatic carbocycles. The molecule has 1 aliphatic rings. The van der Waals surface area contributed by atoms with E-state index >= 15 is 0 Å². The Kier molecular flexibility index (Phi) is 5.27. The SMILES string of the molecule is CC(C)OC(=O)c1ccc(NC2CCCC(C)C2C)cc1. The molecule has 3 unspecified atom stereocenters. The number of nitrogens with one attached hydrogen (secondary N) is 1. The fourth-order valence-corrected chi connectivity index (χ4v) is 2.98. The topological polar surface area (TPSA) is 38.3 Å². The first-order valence-electron chi connectivity index (χ1n) is 8.05. The number of ether oxygens (including phenoxy) is 1. The van der Waals surface area contributed by atoms with Crippen LogP contribution in [0, 0.1) is 11.8 Å². The van der Waals surface area contributed by atoms with Gasteiger partial charge in [-0.05, 0) is 56.4 Å². The first kappa shape index (κ1) is 15.9. The Balaban J connectivity index is 1.97. The number of rotatable bonds is 4. The highest BCUT2D eigenvalue weighted by Crippen LogP contribution is 2.31. The van der Waals surface area contributed by atoms with Crippen LogP contribution in [0.5, 0.6) is 0 Å². The van der Waals surface area contributed by atoms with Gasteiger partial charge >= 0.3 is 5.97 Å². The molecule has 0 spiro atoms. The zero-order valence-corrected chi connectivity index (χ0v) is 13.6. The molecule has 116 valence electrons. The zero-order chi connectivity index (χ0) is 15.4. The van der Waals surface area contributed by atoms with Crippen LogP contribution in [0.1, 0.15) is 57.3 Å². The molecule has 1 fully saturated rings. The summed E-state index contributed by atoms with van der Waals surface area (Å²) in [7, 11) is 0. The predicted molar refractivity (Wildman–Crippen MR) is 86.6 cm³/mol. The van der Waals surface area contributed by atoms with Crippen LogP contribution < -0.4 is 5.32 Å². The molecule has 0 heterocycles. The van der Waals surface area contributed by atoms with E-state index in [1.54, 1.807) is 0 Å². The maximum absolute atomic E-state index is 11.8. The van der Waals surface area contributed by atoms with Crippen LogP contribution in [0.25, 0.3) is 0 Å². The molecule has 1 aromatic rings. The molecule has 21 heavy (non-hydrogen) atoms. The molecule has 1 aromatic carbocycles. The molecular formula is C18H27NO2. The summed E-state index contributed by atoms with van der Waals surface area (Å²) < 4.78 is 5.20. The standard InChI is InChI=1S/C18H27NO2/c1-12(2)21-18(20)15-8-10-16(11-9-15)19-17-7-5-6-13(3)14(17)4/h8-14,17,19H,5-7H2,1-4H3. The van der Waals surface area contributed by atoms with Gasteiger partial charge in [0.15, 0.2) is 0 Å².